The Labute approximate surface area is 85.5 Å². The number of hydrogen-bond acceptors (Lipinski definition) is 4. The summed E-state index contributed by atoms with van der Waals surface area (Å²) in [6.45, 7) is 3.22. The van der Waals surface area contributed by atoms with Gasteiger partial charge in [0.15, 0.2) is 16.1 Å². The molecule has 1 saturated heterocycles. The maximum absolute atomic E-state index is 11.4. The summed E-state index contributed by atoms with van der Waals surface area (Å²) in [4.78, 5) is 0. The molecule has 0 atom stereocenters. The maximum atomic E-state index is 11.4. The van der Waals surface area contributed by atoms with Crippen LogP contribution < -0.4 is 0 Å². The van der Waals surface area contributed by atoms with Crippen molar-refractivity contribution in [3.63, 3.8) is 0 Å². The van der Waals surface area contributed by atoms with Gasteiger partial charge in [0.1, 0.15) is 0 Å². The van der Waals surface area contributed by atoms with Crippen LogP contribution in [0.5, 0.6) is 0 Å². The Kier molecular flexibility index (Phi) is 4.84. The third-order valence-electron chi connectivity index (χ3n) is 2.08. The minimum Gasteiger partial charge on any atom is -0.353 e. The van der Waals surface area contributed by atoms with Crippen molar-refractivity contribution < 1.29 is 17.9 Å². The van der Waals surface area contributed by atoms with Crippen molar-refractivity contribution in [2.45, 2.75) is 32.5 Å². The molecule has 4 nitrogen and oxygen atoms in total. The second kappa shape index (κ2) is 5.68. The zero-order valence-electron chi connectivity index (χ0n) is 8.57. The number of sulfone groups is 1. The van der Waals surface area contributed by atoms with Crippen LogP contribution in [0.1, 0.15) is 26.2 Å². The molecule has 1 aliphatic rings. The van der Waals surface area contributed by atoms with Gasteiger partial charge in [0, 0.05) is 12.2 Å². The van der Waals surface area contributed by atoms with Crippen LogP contribution in [0.3, 0.4) is 0 Å². The van der Waals surface area contributed by atoms with Crippen LogP contribution in [-0.2, 0) is 19.3 Å². The van der Waals surface area contributed by atoms with E-state index < -0.39 is 9.84 Å². The van der Waals surface area contributed by atoms with E-state index in [4.69, 9.17) is 9.47 Å². The number of ether oxygens (including phenoxy) is 2. The fraction of sp³-hybridized carbons (Fsp3) is 1.00. The van der Waals surface area contributed by atoms with E-state index in [2.05, 4.69) is 0 Å². The van der Waals surface area contributed by atoms with E-state index in [0.717, 1.165) is 6.42 Å². The Balaban J connectivity index is 2.24. The molecule has 0 radical (unpaired) electrons. The van der Waals surface area contributed by atoms with Crippen molar-refractivity contribution in [2.24, 2.45) is 0 Å². The van der Waals surface area contributed by atoms with Gasteiger partial charge in [0.2, 0.25) is 0 Å². The van der Waals surface area contributed by atoms with Crippen LogP contribution in [0.2, 0.25) is 0 Å². The van der Waals surface area contributed by atoms with Gasteiger partial charge in [-0.05, 0) is 12.8 Å². The molecule has 14 heavy (non-hydrogen) atoms. The molecule has 0 unspecified atom stereocenters. The molecule has 0 spiro atoms. The highest BCUT2D eigenvalue weighted by Crippen LogP contribution is 2.10. The van der Waals surface area contributed by atoms with E-state index in [9.17, 15) is 8.42 Å². The van der Waals surface area contributed by atoms with Gasteiger partial charge in [-0.25, -0.2) is 8.42 Å². The van der Waals surface area contributed by atoms with Gasteiger partial charge >= 0.3 is 0 Å². The lowest BCUT2D eigenvalue weighted by atomic mass is 10.4. The highest BCUT2D eigenvalue weighted by molar-refractivity contribution is 7.91. The van der Waals surface area contributed by atoms with Gasteiger partial charge in [0.05, 0.1) is 19.0 Å². The molecule has 1 heterocycles. The highest BCUT2D eigenvalue weighted by atomic mass is 32.2. The van der Waals surface area contributed by atoms with Crippen molar-refractivity contribution in [3.05, 3.63) is 0 Å². The zero-order valence-corrected chi connectivity index (χ0v) is 9.38. The summed E-state index contributed by atoms with van der Waals surface area (Å²) >= 11 is 0. The molecule has 1 fully saturated rings. The lowest BCUT2D eigenvalue weighted by Crippen LogP contribution is -2.27. The van der Waals surface area contributed by atoms with Crippen LogP contribution in [-0.4, -0.2) is 39.4 Å². The normalized spacial score (nSPS) is 19.8. The molecule has 0 amide bonds. The summed E-state index contributed by atoms with van der Waals surface area (Å²) in [5, 5.41) is 0. The number of rotatable bonds is 5. The van der Waals surface area contributed by atoms with E-state index in [1.165, 1.54) is 0 Å². The lowest BCUT2D eigenvalue weighted by Gasteiger charge is -2.22. The van der Waals surface area contributed by atoms with E-state index in [0.29, 0.717) is 26.1 Å². The molecule has 0 aromatic heterocycles. The van der Waals surface area contributed by atoms with E-state index in [1.807, 2.05) is 6.92 Å². The third-order valence-corrected chi connectivity index (χ3v) is 3.96. The topological polar surface area (TPSA) is 52.6 Å². The van der Waals surface area contributed by atoms with E-state index in [-0.39, 0.29) is 17.8 Å². The van der Waals surface area contributed by atoms with Crippen LogP contribution >= 0.6 is 0 Å². The predicted octanol–water partition coefficient (Wildman–Crippen LogP) is 0.964. The monoisotopic (exact) mass is 222 g/mol. The molecule has 1 aliphatic heterocycles. The maximum Gasteiger partial charge on any atom is 0.158 e. The Morgan fingerprint density at radius 3 is 2.43 bits per heavy atom. The van der Waals surface area contributed by atoms with Crippen LogP contribution in [0.25, 0.3) is 0 Å². The van der Waals surface area contributed by atoms with Crippen molar-refractivity contribution in [1.29, 1.82) is 0 Å². The summed E-state index contributed by atoms with van der Waals surface area (Å²) in [6, 6.07) is 0. The van der Waals surface area contributed by atoms with Gasteiger partial charge in [-0.3, -0.25) is 0 Å². The molecule has 0 aromatic rings. The summed E-state index contributed by atoms with van der Waals surface area (Å²) in [5.41, 5.74) is 0. The summed E-state index contributed by atoms with van der Waals surface area (Å²) in [5.74, 6) is 0.436. The first-order valence-corrected chi connectivity index (χ1v) is 6.90. The summed E-state index contributed by atoms with van der Waals surface area (Å²) in [6.07, 6.45) is 1.73. The summed E-state index contributed by atoms with van der Waals surface area (Å²) in [7, 11) is -2.89. The second-order valence-corrected chi connectivity index (χ2v) is 5.77. The Morgan fingerprint density at radius 2 is 1.86 bits per heavy atom. The average molecular weight is 222 g/mol. The molecular formula is C9H18O4S. The van der Waals surface area contributed by atoms with Crippen LogP contribution in [0.4, 0.5) is 0 Å². The molecule has 84 valence electrons. The van der Waals surface area contributed by atoms with Crippen molar-refractivity contribution in [3.8, 4) is 0 Å². The largest absolute Gasteiger partial charge is 0.353 e. The molecule has 0 aromatic carbocycles. The lowest BCUT2D eigenvalue weighted by molar-refractivity contribution is -0.178. The van der Waals surface area contributed by atoms with E-state index >= 15 is 0 Å². The highest BCUT2D eigenvalue weighted by Gasteiger charge is 2.18. The molecule has 5 heteroatoms. The standard InChI is InChI=1S/C9H18O4S/c1-2-7-14(10,11)8-4-9-12-5-3-6-13-9/h9H,2-8H2,1H3. The van der Waals surface area contributed by atoms with Crippen molar-refractivity contribution in [1.82, 2.24) is 0 Å². The molecule has 1 rings (SSSR count). The first-order valence-electron chi connectivity index (χ1n) is 5.07. The first kappa shape index (κ1) is 11.9. The third kappa shape index (κ3) is 4.39. The van der Waals surface area contributed by atoms with E-state index in [1.54, 1.807) is 0 Å². The molecule has 0 aliphatic carbocycles. The minimum atomic E-state index is -2.89. The second-order valence-electron chi connectivity index (χ2n) is 3.47. The molecule has 0 N–H and O–H groups in total. The van der Waals surface area contributed by atoms with Gasteiger partial charge in [-0.15, -0.1) is 0 Å². The first-order chi connectivity index (χ1) is 6.64. The quantitative estimate of drug-likeness (QED) is 0.695. The van der Waals surface area contributed by atoms with Gasteiger partial charge < -0.3 is 9.47 Å². The SMILES string of the molecule is CCCS(=O)(=O)CCC1OCCCO1. The van der Waals surface area contributed by atoms with Crippen molar-refractivity contribution >= 4 is 9.84 Å². The van der Waals surface area contributed by atoms with Gasteiger partial charge in [-0.2, -0.15) is 0 Å². The average Bonchev–Trinajstić information content (AvgIpc) is 2.17. The summed E-state index contributed by atoms with van der Waals surface area (Å²) < 4.78 is 33.3. The Bertz CT molecular complexity index is 242. The Hall–Kier alpha value is -0.130. The minimum absolute atomic E-state index is 0.172. The fourth-order valence-electron chi connectivity index (χ4n) is 1.39. The Morgan fingerprint density at radius 1 is 1.21 bits per heavy atom. The fourth-order valence-corrected chi connectivity index (χ4v) is 2.77. The van der Waals surface area contributed by atoms with Gasteiger partial charge in [-0.1, -0.05) is 6.92 Å². The van der Waals surface area contributed by atoms with Gasteiger partial charge in [0.25, 0.3) is 0 Å². The number of hydrogen-bond donors (Lipinski definition) is 0. The molecular weight excluding hydrogens is 204 g/mol. The molecule has 0 saturated carbocycles. The molecule has 0 bridgehead atoms. The smallest absolute Gasteiger partial charge is 0.158 e. The zero-order chi connectivity index (χ0) is 10.4. The predicted molar refractivity (Wildman–Crippen MR) is 53.9 cm³/mol. The van der Waals surface area contributed by atoms with Crippen LogP contribution in [0.15, 0.2) is 0 Å². The van der Waals surface area contributed by atoms with Crippen LogP contribution in [0, 0.1) is 0 Å². The van der Waals surface area contributed by atoms with Crippen molar-refractivity contribution in [2.75, 3.05) is 24.7 Å².